The molecule has 0 bridgehead atoms. The lowest BCUT2D eigenvalue weighted by atomic mass is 10.2. The molecule has 0 radical (unpaired) electrons. The van der Waals surface area contributed by atoms with Crippen LogP contribution in [0, 0.1) is 0 Å². The van der Waals surface area contributed by atoms with Crippen LogP contribution in [0.3, 0.4) is 0 Å². The van der Waals surface area contributed by atoms with Crippen LogP contribution >= 0.6 is 0 Å². The number of rotatable bonds is 4. The van der Waals surface area contributed by atoms with Gasteiger partial charge in [-0.25, -0.2) is 8.42 Å². The van der Waals surface area contributed by atoms with Gasteiger partial charge in [0, 0.05) is 24.3 Å². The van der Waals surface area contributed by atoms with Gasteiger partial charge in [0.1, 0.15) is 0 Å². The van der Waals surface area contributed by atoms with Crippen LogP contribution in [0.2, 0.25) is 0 Å². The van der Waals surface area contributed by atoms with Gasteiger partial charge in [-0.2, -0.15) is 4.98 Å². The monoisotopic (exact) mass is 281 g/mol. The maximum Gasteiger partial charge on any atom is 0.257 e. The fourth-order valence-corrected chi connectivity index (χ4v) is 2.18. The Kier molecular flexibility index (Phi) is 3.68. The highest BCUT2D eigenvalue weighted by molar-refractivity contribution is 7.90. The quantitative estimate of drug-likeness (QED) is 0.904. The van der Waals surface area contributed by atoms with Gasteiger partial charge in [0.05, 0.1) is 4.90 Å². The fraction of sp³-hybridized carbons (Fsp3) is 0.333. The van der Waals surface area contributed by atoms with Gasteiger partial charge in [-0.1, -0.05) is 18.1 Å². The van der Waals surface area contributed by atoms with Crippen LogP contribution in [0.4, 0.5) is 0 Å². The molecular formula is C12H15N3O3S. The third kappa shape index (κ3) is 2.99. The maximum atomic E-state index is 11.5. The van der Waals surface area contributed by atoms with Crippen molar-refractivity contribution >= 4 is 9.84 Å². The van der Waals surface area contributed by atoms with E-state index in [4.69, 9.17) is 10.3 Å². The van der Waals surface area contributed by atoms with E-state index in [1.54, 1.807) is 12.1 Å². The largest absolute Gasteiger partial charge is 0.334 e. The van der Waals surface area contributed by atoms with Crippen molar-refractivity contribution in [3.05, 3.63) is 30.1 Å². The summed E-state index contributed by atoms with van der Waals surface area (Å²) in [4.78, 5) is 4.44. The zero-order valence-corrected chi connectivity index (χ0v) is 11.5. The van der Waals surface area contributed by atoms with E-state index >= 15 is 0 Å². The predicted molar refractivity (Wildman–Crippen MR) is 70.3 cm³/mol. The number of benzene rings is 1. The molecule has 2 aromatic rings. The van der Waals surface area contributed by atoms with Gasteiger partial charge in [0.15, 0.2) is 15.7 Å². The Morgan fingerprint density at radius 3 is 2.79 bits per heavy atom. The number of aromatic nitrogens is 2. The number of sulfone groups is 1. The predicted octanol–water partition coefficient (Wildman–Crippen LogP) is 1.20. The van der Waals surface area contributed by atoms with Gasteiger partial charge in [0.2, 0.25) is 0 Å². The van der Waals surface area contributed by atoms with Crippen molar-refractivity contribution in [3.8, 4) is 11.5 Å². The van der Waals surface area contributed by atoms with Crippen LogP contribution in [0.15, 0.2) is 33.7 Å². The molecular weight excluding hydrogens is 266 g/mol. The van der Waals surface area contributed by atoms with Crippen molar-refractivity contribution in [1.29, 1.82) is 0 Å². The van der Waals surface area contributed by atoms with Crippen molar-refractivity contribution in [2.45, 2.75) is 17.7 Å². The van der Waals surface area contributed by atoms with Gasteiger partial charge in [-0.3, -0.25) is 0 Å². The third-order valence-electron chi connectivity index (χ3n) is 2.75. The zero-order chi connectivity index (χ0) is 14.0. The second-order valence-electron chi connectivity index (χ2n) is 4.39. The van der Waals surface area contributed by atoms with Gasteiger partial charge in [-0.15, -0.1) is 0 Å². The molecule has 6 nitrogen and oxygen atoms in total. The molecule has 0 saturated carbocycles. The summed E-state index contributed by atoms with van der Waals surface area (Å²) in [7, 11) is -3.26. The Bertz CT molecular complexity index is 679. The van der Waals surface area contributed by atoms with E-state index in [9.17, 15) is 8.42 Å². The molecule has 2 rings (SSSR count). The lowest BCUT2D eigenvalue weighted by molar-refractivity contribution is 0.418. The normalized spacial score (nSPS) is 13.4. The molecule has 0 aliphatic heterocycles. The van der Waals surface area contributed by atoms with E-state index in [2.05, 4.69) is 10.1 Å². The zero-order valence-electron chi connectivity index (χ0n) is 10.7. The average molecular weight is 281 g/mol. The molecule has 0 saturated heterocycles. The molecule has 1 unspecified atom stereocenters. The Morgan fingerprint density at radius 1 is 1.42 bits per heavy atom. The highest BCUT2D eigenvalue weighted by Gasteiger charge is 2.15. The van der Waals surface area contributed by atoms with E-state index in [0.29, 0.717) is 23.8 Å². The Morgan fingerprint density at radius 2 is 2.16 bits per heavy atom. The summed E-state index contributed by atoms with van der Waals surface area (Å²) >= 11 is 0. The lowest BCUT2D eigenvalue weighted by Gasteiger charge is -2.00. The average Bonchev–Trinajstić information content (AvgIpc) is 2.86. The fourth-order valence-electron chi connectivity index (χ4n) is 1.52. The molecule has 0 aliphatic carbocycles. The molecule has 2 N–H and O–H groups in total. The molecule has 1 heterocycles. The molecule has 0 aliphatic rings. The summed E-state index contributed by atoms with van der Waals surface area (Å²) in [5.41, 5.74) is 6.11. The van der Waals surface area contributed by atoms with Crippen LogP contribution < -0.4 is 5.73 Å². The van der Waals surface area contributed by atoms with Gasteiger partial charge >= 0.3 is 0 Å². The van der Waals surface area contributed by atoms with Crippen molar-refractivity contribution in [1.82, 2.24) is 10.1 Å². The van der Waals surface area contributed by atoms with Crippen molar-refractivity contribution in [2.24, 2.45) is 5.73 Å². The molecule has 1 aromatic heterocycles. The number of nitrogens with zero attached hydrogens (tertiary/aromatic N) is 2. The topological polar surface area (TPSA) is 99.1 Å². The van der Waals surface area contributed by atoms with E-state index < -0.39 is 9.84 Å². The van der Waals surface area contributed by atoms with Crippen LogP contribution in [0.5, 0.6) is 0 Å². The first-order valence-corrected chi connectivity index (χ1v) is 7.65. The van der Waals surface area contributed by atoms with E-state index in [-0.39, 0.29) is 10.8 Å². The van der Waals surface area contributed by atoms with Crippen molar-refractivity contribution in [2.75, 3.05) is 12.8 Å². The minimum atomic E-state index is -3.26. The van der Waals surface area contributed by atoms with E-state index in [0.717, 1.165) is 6.26 Å². The summed E-state index contributed by atoms with van der Waals surface area (Å²) in [6.45, 7) is 2.31. The summed E-state index contributed by atoms with van der Waals surface area (Å²) < 4.78 is 28.1. The Balaban J connectivity index is 2.40. The smallest absolute Gasteiger partial charge is 0.257 e. The Hall–Kier alpha value is -1.73. The standard InChI is InChI=1S/C12H15N3O3S/c1-8(7-13)11-14-12(18-15-11)9-4-3-5-10(6-9)19(2,16)17/h3-6,8H,7,13H2,1-2H3. The summed E-state index contributed by atoms with van der Waals surface area (Å²) in [6.07, 6.45) is 1.15. The number of hydrogen-bond donors (Lipinski definition) is 1. The Labute approximate surface area is 111 Å². The van der Waals surface area contributed by atoms with Crippen LogP contribution in [0.25, 0.3) is 11.5 Å². The van der Waals surface area contributed by atoms with Crippen LogP contribution in [-0.4, -0.2) is 31.4 Å². The van der Waals surface area contributed by atoms with Gasteiger partial charge < -0.3 is 10.3 Å². The third-order valence-corrected chi connectivity index (χ3v) is 3.86. The van der Waals surface area contributed by atoms with Crippen molar-refractivity contribution in [3.63, 3.8) is 0 Å². The molecule has 102 valence electrons. The first kappa shape index (κ1) is 13.7. The minimum absolute atomic E-state index is 0.00408. The van der Waals surface area contributed by atoms with E-state index in [1.807, 2.05) is 6.92 Å². The van der Waals surface area contributed by atoms with Crippen molar-refractivity contribution < 1.29 is 12.9 Å². The molecule has 1 atom stereocenters. The molecule has 19 heavy (non-hydrogen) atoms. The van der Waals surface area contributed by atoms with E-state index in [1.165, 1.54) is 12.1 Å². The summed E-state index contributed by atoms with van der Waals surface area (Å²) in [5.74, 6) is 0.804. The molecule has 1 aromatic carbocycles. The molecule has 0 amide bonds. The molecule has 0 spiro atoms. The van der Waals surface area contributed by atoms with Crippen LogP contribution in [0.1, 0.15) is 18.7 Å². The minimum Gasteiger partial charge on any atom is -0.334 e. The molecule has 0 fully saturated rings. The maximum absolute atomic E-state index is 11.5. The van der Waals surface area contributed by atoms with Gasteiger partial charge in [-0.05, 0) is 18.2 Å². The highest BCUT2D eigenvalue weighted by atomic mass is 32.2. The SMILES string of the molecule is CC(CN)c1noc(-c2cccc(S(C)(=O)=O)c2)n1. The first-order valence-electron chi connectivity index (χ1n) is 5.76. The molecule has 7 heteroatoms. The first-order chi connectivity index (χ1) is 8.91. The lowest BCUT2D eigenvalue weighted by Crippen LogP contribution is -2.10. The van der Waals surface area contributed by atoms with Crippen LogP contribution in [-0.2, 0) is 9.84 Å². The summed E-state index contributed by atoms with van der Waals surface area (Å²) in [6, 6.07) is 6.40. The number of hydrogen-bond acceptors (Lipinski definition) is 6. The second kappa shape index (κ2) is 5.10. The second-order valence-corrected chi connectivity index (χ2v) is 6.41. The summed E-state index contributed by atoms with van der Waals surface area (Å²) in [5, 5.41) is 3.84. The highest BCUT2D eigenvalue weighted by Crippen LogP contribution is 2.22. The van der Waals surface area contributed by atoms with Gasteiger partial charge in [0.25, 0.3) is 5.89 Å². The number of nitrogens with two attached hydrogens (primary N) is 1.